The van der Waals surface area contributed by atoms with Crippen molar-refractivity contribution in [2.24, 2.45) is 0 Å². The molecule has 1 saturated carbocycles. The minimum atomic E-state index is 0.0402. The number of amides is 2. The van der Waals surface area contributed by atoms with Gasteiger partial charge in [0.1, 0.15) is 0 Å². The predicted octanol–water partition coefficient (Wildman–Crippen LogP) is 3.28. The van der Waals surface area contributed by atoms with Crippen molar-refractivity contribution in [3.8, 4) is 0 Å². The van der Waals surface area contributed by atoms with Crippen LogP contribution in [0.3, 0.4) is 0 Å². The van der Waals surface area contributed by atoms with Gasteiger partial charge in [-0.3, -0.25) is 4.90 Å². The topological polar surface area (TPSA) is 44.4 Å². The minimum Gasteiger partial charge on any atom is -0.335 e. The van der Waals surface area contributed by atoms with Crippen LogP contribution < -0.4 is 10.6 Å². The maximum Gasteiger partial charge on any atom is 0.315 e. The normalized spacial score (nSPS) is 21.0. The molecular weight excluding hydrogens is 286 g/mol. The number of urea groups is 1. The number of piperidine rings is 1. The summed E-state index contributed by atoms with van der Waals surface area (Å²) in [5, 5.41) is 6.33. The lowest BCUT2D eigenvalue weighted by Gasteiger charge is -2.33. The molecule has 4 heteroatoms. The zero-order valence-corrected chi connectivity index (χ0v) is 14.0. The third kappa shape index (κ3) is 5.24. The van der Waals surface area contributed by atoms with Gasteiger partial charge in [-0.05, 0) is 31.2 Å². The second-order valence-electron chi connectivity index (χ2n) is 6.99. The number of carbonyl (C=O) groups is 1. The highest BCUT2D eigenvalue weighted by atomic mass is 16.2. The molecule has 0 spiro atoms. The van der Waals surface area contributed by atoms with Gasteiger partial charge in [0.25, 0.3) is 0 Å². The molecule has 23 heavy (non-hydrogen) atoms. The Morgan fingerprint density at radius 2 is 1.52 bits per heavy atom. The van der Waals surface area contributed by atoms with Gasteiger partial charge in [-0.25, -0.2) is 4.79 Å². The number of nitrogens with one attached hydrogen (secondary N) is 2. The van der Waals surface area contributed by atoms with Crippen LogP contribution in [0.1, 0.15) is 50.5 Å². The lowest BCUT2D eigenvalue weighted by atomic mass is 9.96. The molecule has 1 aromatic carbocycles. The zero-order valence-electron chi connectivity index (χ0n) is 14.0. The Labute approximate surface area is 139 Å². The van der Waals surface area contributed by atoms with Crippen LogP contribution >= 0.6 is 0 Å². The van der Waals surface area contributed by atoms with Gasteiger partial charge < -0.3 is 10.6 Å². The van der Waals surface area contributed by atoms with Gasteiger partial charge in [-0.2, -0.15) is 0 Å². The lowest BCUT2D eigenvalue weighted by Crippen LogP contribution is -2.50. The van der Waals surface area contributed by atoms with Crippen LogP contribution in [0.25, 0.3) is 0 Å². The van der Waals surface area contributed by atoms with Crippen molar-refractivity contribution >= 4 is 6.03 Å². The fourth-order valence-electron chi connectivity index (χ4n) is 3.74. The summed E-state index contributed by atoms with van der Waals surface area (Å²) in [6.07, 6.45) is 8.20. The first-order valence-corrected chi connectivity index (χ1v) is 9.13. The van der Waals surface area contributed by atoms with E-state index in [1.807, 2.05) is 0 Å². The van der Waals surface area contributed by atoms with E-state index >= 15 is 0 Å². The Kier molecular flexibility index (Phi) is 5.92. The van der Waals surface area contributed by atoms with Gasteiger partial charge >= 0.3 is 6.03 Å². The SMILES string of the molecule is O=C(NC1CCCCC1)NC1CCN(Cc2ccccc2)CC1. The summed E-state index contributed by atoms with van der Waals surface area (Å²) in [5.74, 6) is 0. The van der Waals surface area contributed by atoms with Crippen molar-refractivity contribution < 1.29 is 4.79 Å². The number of benzene rings is 1. The molecule has 1 aliphatic heterocycles. The molecule has 4 nitrogen and oxygen atoms in total. The summed E-state index contributed by atoms with van der Waals surface area (Å²) in [4.78, 5) is 14.6. The molecule has 0 unspecified atom stereocenters. The lowest BCUT2D eigenvalue weighted by molar-refractivity contribution is 0.184. The first kappa shape index (κ1) is 16.3. The summed E-state index contributed by atoms with van der Waals surface area (Å²) in [6.45, 7) is 3.13. The summed E-state index contributed by atoms with van der Waals surface area (Å²) in [7, 11) is 0. The van der Waals surface area contributed by atoms with Crippen molar-refractivity contribution in [1.29, 1.82) is 0 Å². The quantitative estimate of drug-likeness (QED) is 0.895. The summed E-state index contributed by atoms with van der Waals surface area (Å²) in [5.41, 5.74) is 1.37. The maximum atomic E-state index is 12.1. The van der Waals surface area contributed by atoms with Crippen LogP contribution in [-0.2, 0) is 6.54 Å². The van der Waals surface area contributed by atoms with Crippen LogP contribution in [0.15, 0.2) is 30.3 Å². The Hall–Kier alpha value is -1.55. The van der Waals surface area contributed by atoms with Crippen molar-refractivity contribution in [1.82, 2.24) is 15.5 Å². The molecule has 0 bridgehead atoms. The Morgan fingerprint density at radius 1 is 0.913 bits per heavy atom. The first-order valence-electron chi connectivity index (χ1n) is 9.13. The number of likely N-dealkylation sites (tertiary alicyclic amines) is 1. The predicted molar refractivity (Wildman–Crippen MR) is 93.3 cm³/mol. The fourth-order valence-corrected chi connectivity index (χ4v) is 3.74. The molecule has 2 aliphatic rings. The van der Waals surface area contributed by atoms with E-state index in [4.69, 9.17) is 0 Å². The monoisotopic (exact) mass is 315 g/mol. The highest BCUT2D eigenvalue weighted by Crippen LogP contribution is 2.17. The van der Waals surface area contributed by atoms with Crippen molar-refractivity contribution in [2.75, 3.05) is 13.1 Å². The highest BCUT2D eigenvalue weighted by molar-refractivity contribution is 5.74. The van der Waals surface area contributed by atoms with E-state index in [1.165, 1.54) is 24.8 Å². The van der Waals surface area contributed by atoms with Crippen LogP contribution in [0, 0.1) is 0 Å². The Balaban J connectivity index is 1.36. The first-order chi connectivity index (χ1) is 11.3. The van der Waals surface area contributed by atoms with Gasteiger partial charge in [0, 0.05) is 31.7 Å². The molecule has 1 aromatic rings. The fraction of sp³-hybridized carbons (Fsp3) is 0.632. The molecule has 0 aromatic heterocycles. The average Bonchev–Trinajstić information content (AvgIpc) is 2.58. The smallest absolute Gasteiger partial charge is 0.315 e. The maximum absolute atomic E-state index is 12.1. The number of nitrogens with zero attached hydrogens (tertiary/aromatic N) is 1. The van der Waals surface area contributed by atoms with Gasteiger partial charge in [0.05, 0.1) is 0 Å². The second kappa shape index (κ2) is 8.34. The molecule has 0 atom stereocenters. The summed E-state index contributed by atoms with van der Waals surface area (Å²) >= 11 is 0. The van der Waals surface area contributed by atoms with E-state index in [-0.39, 0.29) is 6.03 Å². The van der Waals surface area contributed by atoms with Crippen LogP contribution in [-0.4, -0.2) is 36.1 Å². The molecule has 0 radical (unpaired) electrons. The van der Waals surface area contributed by atoms with E-state index in [0.29, 0.717) is 12.1 Å². The second-order valence-corrected chi connectivity index (χ2v) is 6.99. The zero-order chi connectivity index (χ0) is 15.9. The van der Waals surface area contributed by atoms with Gasteiger partial charge in [-0.1, -0.05) is 49.6 Å². The highest BCUT2D eigenvalue weighted by Gasteiger charge is 2.22. The van der Waals surface area contributed by atoms with E-state index in [2.05, 4.69) is 45.9 Å². The molecule has 2 N–H and O–H groups in total. The van der Waals surface area contributed by atoms with Crippen LogP contribution in [0.4, 0.5) is 4.79 Å². The van der Waals surface area contributed by atoms with Crippen LogP contribution in [0.2, 0.25) is 0 Å². The van der Waals surface area contributed by atoms with E-state index in [9.17, 15) is 4.79 Å². The Morgan fingerprint density at radius 3 is 2.17 bits per heavy atom. The number of carbonyl (C=O) groups excluding carboxylic acids is 1. The molecule has 1 aliphatic carbocycles. The van der Waals surface area contributed by atoms with E-state index in [0.717, 1.165) is 45.3 Å². The average molecular weight is 315 g/mol. The number of hydrogen-bond acceptors (Lipinski definition) is 2. The largest absolute Gasteiger partial charge is 0.335 e. The molecule has 2 amide bonds. The summed E-state index contributed by atoms with van der Waals surface area (Å²) < 4.78 is 0. The van der Waals surface area contributed by atoms with Gasteiger partial charge in [0.2, 0.25) is 0 Å². The molecule has 3 rings (SSSR count). The minimum absolute atomic E-state index is 0.0402. The van der Waals surface area contributed by atoms with Crippen molar-refractivity contribution in [3.63, 3.8) is 0 Å². The standard InChI is InChI=1S/C19H29N3O/c23-19(20-17-9-5-2-6-10-17)21-18-11-13-22(14-12-18)15-16-7-3-1-4-8-16/h1,3-4,7-8,17-18H,2,5-6,9-15H2,(H2,20,21,23). The Bertz CT molecular complexity index is 477. The molecule has 1 saturated heterocycles. The van der Waals surface area contributed by atoms with Gasteiger partial charge in [-0.15, -0.1) is 0 Å². The van der Waals surface area contributed by atoms with Crippen LogP contribution in [0.5, 0.6) is 0 Å². The molecular formula is C19H29N3O. The summed E-state index contributed by atoms with van der Waals surface area (Å²) in [6, 6.07) is 11.4. The third-order valence-electron chi connectivity index (χ3n) is 5.11. The van der Waals surface area contributed by atoms with Crippen molar-refractivity contribution in [3.05, 3.63) is 35.9 Å². The molecule has 2 fully saturated rings. The number of hydrogen-bond donors (Lipinski definition) is 2. The molecule has 126 valence electrons. The molecule has 1 heterocycles. The van der Waals surface area contributed by atoms with Crippen molar-refractivity contribution in [2.45, 2.75) is 63.6 Å². The van der Waals surface area contributed by atoms with Gasteiger partial charge in [0.15, 0.2) is 0 Å². The van der Waals surface area contributed by atoms with E-state index < -0.39 is 0 Å². The van der Waals surface area contributed by atoms with E-state index in [1.54, 1.807) is 0 Å². The third-order valence-corrected chi connectivity index (χ3v) is 5.11. The number of rotatable bonds is 4.